The second-order valence-electron chi connectivity index (χ2n) is 9.57. The Bertz CT molecular complexity index is 1060. The molecule has 0 bridgehead atoms. The SMILES string of the molecule is COCc1nccc(N(OCc2ccccc2)C2CCC(c3ccc(OC(C)C)cc3)CC2)c1OC. The standard InChI is InChI=1S/C30H38N2O4/c1-22(2)36-27-16-12-25(13-17-27)24-10-14-26(15-11-24)32(35-20-23-8-6-5-7-9-23)29-18-19-31-28(21-33-3)30(29)34-4/h5-9,12-13,16-19,22,24,26H,10-11,14-15,20-21H2,1-4H3. The lowest BCUT2D eigenvalue weighted by Crippen LogP contribution is -2.38. The van der Waals surface area contributed by atoms with Crippen molar-refractivity contribution >= 4 is 5.69 Å². The molecule has 2 aromatic carbocycles. The Balaban J connectivity index is 1.51. The molecule has 0 amide bonds. The topological polar surface area (TPSA) is 53.1 Å². The van der Waals surface area contributed by atoms with Crippen LogP contribution in [0.25, 0.3) is 0 Å². The van der Waals surface area contributed by atoms with Crippen molar-refractivity contribution in [2.45, 2.75) is 70.8 Å². The van der Waals surface area contributed by atoms with Gasteiger partial charge < -0.3 is 14.2 Å². The smallest absolute Gasteiger partial charge is 0.168 e. The summed E-state index contributed by atoms with van der Waals surface area (Å²) in [6, 6.07) is 21.1. The van der Waals surface area contributed by atoms with Gasteiger partial charge in [-0.05, 0) is 74.8 Å². The van der Waals surface area contributed by atoms with Crippen LogP contribution in [0.5, 0.6) is 11.5 Å². The molecule has 0 atom stereocenters. The van der Waals surface area contributed by atoms with Crippen LogP contribution in [0.1, 0.15) is 62.3 Å². The summed E-state index contributed by atoms with van der Waals surface area (Å²) in [5.74, 6) is 2.17. The van der Waals surface area contributed by atoms with Gasteiger partial charge in [0, 0.05) is 13.3 Å². The van der Waals surface area contributed by atoms with E-state index in [1.165, 1.54) is 5.56 Å². The van der Waals surface area contributed by atoms with E-state index in [4.69, 9.17) is 19.0 Å². The Labute approximate surface area is 215 Å². The molecule has 1 heterocycles. The molecule has 1 fully saturated rings. The monoisotopic (exact) mass is 490 g/mol. The van der Waals surface area contributed by atoms with Gasteiger partial charge in [0.1, 0.15) is 17.1 Å². The van der Waals surface area contributed by atoms with Crippen LogP contribution in [0.4, 0.5) is 5.69 Å². The lowest BCUT2D eigenvalue weighted by Gasteiger charge is -2.38. The third-order valence-corrected chi connectivity index (χ3v) is 6.64. The highest BCUT2D eigenvalue weighted by atomic mass is 16.7. The van der Waals surface area contributed by atoms with Crippen LogP contribution in [-0.4, -0.2) is 31.3 Å². The summed E-state index contributed by atoms with van der Waals surface area (Å²) in [7, 11) is 3.35. The first-order chi connectivity index (χ1) is 17.6. The second-order valence-corrected chi connectivity index (χ2v) is 9.57. The van der Waals surface area contributed by atoms with Crippen molar-refractivity contribution in [2.75, 3.05) is 19.3 Å². The minimum atomic E-state index is 0.183. The van der Waals surface area contributed by atoms with E-state index in [9.17, 15) is 0 Å². The summed E-state index contributed by atoms with van der Waals surface area (Å²) >= 11 is 0. The van der Waals surface area contributed by atoms with Crippen molar-refractivity contribution in [3.05, 3.63) is 83.7 Å². The molecule has 3 aromatic rings. The van der Waals surface area contributed by atoms with Gasteiger partial charge in [-0.1, -0.05) is 42.5 Å². The van der Waals surface area contributed by atoms with Crippen LogP contribution in [0.2, 0.25) is 0 Å². The molecule has 0 spiro atoms. The Hall–Kier alpha value is -3.09. The molecule has 0 radical (unpaired) electrons. The van der Waals surface area contributed by atoms with Crippen molar-refractivity contribution < 1.29 is 19.0 Å². The Morgan fingerprint density at radius 2 is 1.61 bits per heavy atom. The zero-order chi connectivity index (χ0) is 25.3. The highest BCUT2D eigenvalue weighted by Gasteiger charge is 2.30. The third-order valence-electron chi connectivity index (χ3n) is 6.64. The van der Waals surface area contributed by atoms with Crippen molar-refractivity contribution in [1.29, 1.82) is 0 Å². The quantitative estimate of drug-likeness (QED) is 0.279. The molecule has 1 aliphatic carbocycles. The van der Waals surface area contributed by atoms with Crippen LogP contribution < -0.4 is 14.5 Å². The number of hydroxylamine groups is 1. The predicted molar refractivity (Wildman–Crippen MR) is 142 cm³/mol. The summed E-state index contributed by atoms with van der Waals surface area (Å²) in [6.07, 6.45) is 6.22. The van der Waals surface area contributed by atoms with Crippen molar-refractivity contribution in [3.8, 4) is 11.5 Å². The average Bonchev–Trinajstić information content (AvgIpc) is 2.90. The number of rotatable bonds is 11. The highest BCUT2D eigenvalue weighted by Crippen LogP contribution is 2.40. The fraction of sp³-hybridized carbons (Fsp3) is 0.433. The molecule has 0 N–H and O–H groups in total. The molecule has 0 unspecified atom stereocenters. The number of benzene rings is 2. The number of hydrogen-bond acceptors (Lipinski definition) is 6. The molecule has 0 saturated heterocycles. The molecular weight excluding hydrogens is 452 g/mol. The third kappa shape index (κ3) is 6.56. The fourth-order valence-electron chi connectivity index (χ4n) is 4.94. The van der Waals surface area contributed by atoms with Gasteiger partial charge >= 0.3 is 0 Å². The molecular formula is C30H38N2O4. The first-order valence-corrected chi connectivity index (χ1v) is 12.8. The Morgan fingerprint density at radius 1 is 0.889 bits per heavy atom. The number of pyridine rings is 1. The summed E-state index contributed by atoms with van der Waals surface area (Å²) in [6.45, 7) is 4.98. The van der Waals surface area contributed by atoms with E-state index in [-0.39, 0.29) is 12.1 Å². The van der Waals surface area contributed by atoms with Crippen molar-refractivity contribution in [2.24, 2.45) is 0 Å². The lowest BCUT2D eigenvalue weighted by atomic mass is 9.81. The largest absolute Gasteiger partial charge is 0.492 e. The average molecular weight is 491 g/mol. The highest BCUT2D eigenvalue weighted by molar-refractivity contribution is 5.59. The first-order valence-electron chi connectivity index (χ1n) is 12.8. The first kappa shape index (κ1) is 26.0. The molecule has 0 aliphatic heterocycles. The van der Waals surface area contributed by atoms with Crippen molar-refractivity contribution in [1.82, 2.24) is 4.98 Å². The predicted octanol–water partition coefficient (Wildman–Crippen LogP) is 6.69. The van der Waals surface area contributed by atoms with E-state index < -0.39 is 0 Å². The molecule has 36 heavy (non-hydrogen) atoms. The summed E-state index contributed by atoms with van der Waals surface area (Å²) in [5, 5.41) is 2.06. The van der Waals surface area contributed by atoms with Crippen LogP contribution >= 0.6 is 0 Å². The Kier molecular flexibility index (Phi) is 9.20. The number of ether oxygens (including phenoxy) is 3. The molecule has 1 aromatic heterocycles. The second kappa shape index (κ2) is 12.7. The molecule has 192 valence electrons. The normalized spacial score (nSPS) is 17.7. The zero-order valence-electron chi connectivity index (χ0n) is 21.9. The number of aromatic nitrogens is 1. The lowest BCUT2D eigenvalue weighted by molar-refractivity contribution is 0.0611. The number of nitrogens with zero attached hydrogens (tertiary/aromatic N) is 2. The molecule has 6 heteroatoms. The molecule has 6 nitrogen and oxygen atoms in total. The van der Waals surface area contributed by atoms with E-state index >= 15 is 0 Å². The molecule has 1 saturated carbocycles. The number of anilines is 1. The number of methoxy groups -OCH3 is 2. The van der Waals surface area contributed by atoms with Gasteiger partial charge in [-0.3, -0.25) is 9.82 Å². The zero-order valence-corrected chi connectivity index (χ0v) is 21.9. The van der Waals surface area contributed by atoms with Crippen LogP contribution in [0, 0.1) is 0 Å². The molecule has 1 aliphatic rings. The van der Waals surface area contributed by atoms with Crippen LogP contribution in [0.15, 0.2) is 66.9 Å². The molecule has 4 rings (SSSR count). The number of hydrogen-bond donors (Lipinski definition) is 0. The van der Waals surface area contributed by atoms with E-state index in [1.807, 2.05) is 24.3 Å². The fourth-order valence-corrected chi connectivity index (χ4v) is 4.94. The maximum Gasteiger partial charge on any atom is 0.168 e. The maximum absolute atomic E-state index is 6.49. The van der Waals surface area contributed by atoms with Gasteiger partial charge in [0.15, 0.2) is 5.75 Å². The van der Waals surface area contributed by atoms with E-state index in [1.54, 1.807) is 20.4 Å². The van der Waals surface area contributed by atoms with Crippen LogP contribution in [-0.2, 0) is 22.8 Å². The van der Waals surface area contributed by atoms with E-state index in [0.717, 1.165) is 48.4 Å². The minimum absolute atomic E-state index is 0.183. The Morgan fingerprint density at radius 3 is 2.25 bits per heavy atom. The van der Waals surface area contributed by atoms with Gasteiger partial charge in [0.05, 0.1) is 32.5 Å². The van der Waals surface area contributed by atoms with Gasteiger partial charge in [-0.25, -0.2) is 5.06 Å². The summed E-state index contributed by atoms with van der Waals surface area (Å²) in [5.41, 5.74) is 4.17. The van der Waals surface area contributed by atoms with Gasteiger partial charge in [0.25, 0.3) is 0 Å². The van der Waals surface area contributed by atoms with E-state index in [0.29, 0.717) is 24.9 Å². The van der Waals surface area contributed by atoms with Gasteiger partial charge in [-0.15, -0.1) is 0 Å². The van der Waals surface area contributed by atoms with Gasteiger partial charge in [-0.2, -0.15) is 0 Å². The van der Waals surface area contributed by atoms with E-state index in [2.05, 4.69) is 60.3 Å². The summed E-state index contributed by atoms with van der Waals surface area (Å²) in [4.78, 5) is 11.0. The maximum atomic E-state index is 6.49. The minimum Gasteiger partial charge on any atom is -0.492 e. The van der Waals surface area contributed by atoms with Gasteiger partial charge in [0.2, 0.25) is 0 Å². The van der Waals surface area contributed by atoms with Crippen LogP contribution in [0.3, 0.4) is 0 Å². The van der Waals surface area contributed by atoms with Crippen molar-refractivity contribution in [3.63, 3.8) is 0 Å². The summed E-state index contributed by atoms with van der Waals surface area (Å²) < 4.78 is 17.0.